The Hall–Kier alpha value is -2.58. The number of carbonyl (C=O) groups excluding carboxylic acids is 3. The fraction of sp³-hybridized carbons (Fsp3) is 0.737. The number of aliphatic hydroxyl groups is 1. The van der Waals surface area contributed by atoms with Crippen LogP contribution in [0.1, 0.15) is 33.1 Å². The summed E-state index contributed by atoms with van der Waals surface area (Å²) in [5, 5.41) is 26.2. The number of rotatable bonds is 16. The van der Waals surface area contributed by atoms with E-state index in [1.54, 1.807) is 13.8 Å². The second kappa shape index (κ2) is 16.1. The van der Waals surface area contributed by atoms with Gasteiger partial charge in [-0.25, -0.2) is 4.79 Å². The number of carboxylic acids is 1. The van der Waals surface area contributed by atoms with E-state index in [1.165, 1.54) is 11.8 Å². The molecule has 0 heterocycles. The van der Waals surface area contributed by atoms with Crippen molar-refractivity contribution in [2.45, 2.75) is 57.3 Å². The van der Waals surface area contributed by atoms with E-state index in [-0.39, 0.29) is 18.9 Å². The molecule has 0 aliphatic heterocycles. The van der Waals surface area contributed by atoms with Crippen LogP contribution >= 0.6 is 11.8 Å². The first-order valence-corrected chi connectivity index (χ1v) is 11.9. The predicted octanol–water partition coefficient (Wildman–Crippen LogP) is -2.69. The van der Waals surface area contributed by atoms with Crippen molar-refractivity contribution in [2.75, 3.05) is 25.2 Å². The van der Waals surface area contributed by atoms with Crippen LogP contribution in [0.2, 0.25) is 0 Å². The minimum Gasteiger partial charge on any atom is -0.480 e. The van der Waals surface area contributed by atoms with Gasteiger partial charge < -0.3 is 43.4 Å². The average Bonchev–Trinajstić information content (AvgIpc) is 2.74. The molecule has 14 heteroatoms. The molecule has 4 unspecified atom stereocenters. The first-order valence-electron chi connectivity index (χ1n) is 10.5. The maximum absolute atomic E-state index is 12.7. The minimum absolute atomic E-state index is 0.0693. The molecular weight excluding hydrogens is 454 g/mol. The largest absolute Gasteiger partial charge is 0.480 e. The van der Waals surface area contributed by atoms with Gasteiger partial charge in [0.15, 0.2) is 5.96 Å². The number of carboxylic acid groups (broad SMARTS) is 1. The van der Waals surface area contributed by atoms with E-state index in [0.717, 1.165) is 0 Å². The fourth-order valence-corrected chi connectivity index (χ4v) is 3.15. The Kier molecular flexibility index (Phi) is 14.8. The Labute approximate surface area is 197 Å². The molecule has 0 aliphatic carbocycles. The second-order valence-electron chi connectivity index (χ2n) is 7.71. The summed E-state index contributed by atoms with van der Waals surface area (Å²) in [6.45, 7) is 2.80. The highest BCUT2D eigenvalue weighted by Gasteiger charge is 2.31. The van der Waals surface area contributed by atoms with Crippen LogP contribution in [0.15, 0.2) is 4.99 Å². The van der Waals surface area contributed by atoms with E-state index < -0.39 is 60.4 Å². The highest BCUT2D eigenvalue weighted by atomic mass is 32.2. The summed E-state index contributed by atoms with van der Waals surface area (Å²) in [4.78, 5) is 52.7. The van der Waals surface area contributed by atoms with Crippen molar-refractivity contribution in [2.24, 2.45) is 28.1 Å². The Morgan fingerprint density at radius 2 is 1.58 bits per heavy atom. The summed E-state index contributed by atoms with van der Waals surface area (Å²) >= 11 is 1.51. The van der Waals surface area contributed by atoms with Gasteiger partial charge in [-0.1, -0.05) is 13.8 Å². The molecule has 0 aromatic heterocycles. The van der Waals surface area contributed by atoms with Gasteiger partial charge in [0, 0.05) is 6.54 Å². The molecule has 0 fully saturated rings. The number of nitrogens with two attached hydrogens (primary N) is 3. The van der Waals surface area contributed by atoms with Gasteiger partial charge >= 0.3 is 5.97 Å². The van der Waals surface area contributed by atoms with Crippen LogP contribution in [0.25, 0.3) is 0 Å². The number of aliphatic hydroxyl groups excluding tert-OH is 1. The van der Waals surface area contributed by atoms with Crippen LogP contribution in [-0.4, -0.2) is 89.2 Å². The number of amides is 3. The van der Waals surface area contributed by atoms with Gasteiger partial charge in [-0.3, -0.25) is 19.4 Å². The molecule has 4 atom stereocenters. The number of hydrogen-bond donors (Lipinski definition) is 8. The third-order valence-corrected chi connectivity index (χ3v) is 5.24. The van der Waals surface area contributed by atoms with Crippen molar-refractivity contribution in [3.8, 4) is 0 Å². The lowest BCUT2D eigenvalue weighted by Gasteiger charge is -2.26. The summed E-state index contributed by atoms with van der Waals surface area (Å²) in [7, 11) is 0. The predicted molar refractivity (Wildman–Crippen MR) is 126 cm³/mol. The first-order chi connectivity index (χ1) is 15.4. The number of hydrogen-bond acceptors (Lipinski definition) is 8. The van der Waals surface area contributed by atoms with Crippen LogP contribution in [0.4, 0.5) is 0 Å². The van der Waals surface area contributed by atoms with Crippen molar-refractivity contribution in [1.29, 1.82) is 0 Å². The quantitative estimate of drug-likeness (QED) is 0.0632. The lowest BCUT2D eigenvalue weighted by atomic mass is 10.0. The molecule has 11 N–H and O–H groups in total. The highest BCUT2D eigenvalue weighted by molar-refractivity contribution is 7.98. The van der Waals surface area contributed by atoms with Gasteiger partial charge in [0.05, 0.1) is 12.6 Å². The van der Waals surface area contributed by atoms with Crippen molar-refractivity contribution in [3.63, 3.8) is 0 Å². The Balaban J connectivity index is 5.10. The molecule has 0 bridgehead atoms. The zero-order chi connectivity index (χ0) is 25.6. The van der Waals surface area contributed by atoms with Crippen molar-refractivity contribution >= 4 is 41.4 Å². The molecule has 0 saturated carbocycles. The number of guanidine groups is 1. The second-order valence-corrected chi connectivity index (χ2v) is 8.70. The molecule has 0 saturated heterocycles. The van der Waals surface area contributed by atoms with Gasteiger partial charge in [-0.05, 0) is 37.2 Å². The topological polar surface area (TPSA) is 235 Å². The van der Waals surface area contributed by atoms with E-state index in [4.69, 9.17) is 17.2 Å². The third kappa shape index (κ3) is 12.3. The van der Waals surface area contributed by atoms with Crippen LogP contribution in [0.3, 0.4) is 0 Å². The number of aliphatic imine (C=N–C) groups is 1. The van der Waals surface area contributed by atoms with Gasteiger partial charge in [0.2, 0.25) is 17.7 Å². The maximum atomic E-state index is 12.7. The first kappa shape index (κ1) is 30.4. The molecule has 0 rings (SSSR count). The van der Waals surface area contributed by atoms with Crippen molar-refractivity contribution < 1.29 is 29.4 Å². The van der Waals surface area contributed by atoms with E-state index >= 15 is 0 Å². The van der Waals surface area contributed by atoms with Crippen LogP contribution < -0.4 is 33.2 Å². The molecule has 0 radical (unpaired) electrons. The van der Waals surface area contributed by atoms with E-state index in [0.29, 0.717) is 18.6 Å². The number of nitrogens with one attached hydrogen (secondary N) is 3. The minimum atomic E-state index is -1.32. The average molecular weight is 492 g/mol. The van der Waals surface area contributed by atoms with E-state index in [9.17, 15) is 29.4 Å². The zero-order valence-electron chi connectivity index (χ0n) is 19.2. The van der Waals surface area contributed by atoms with E-state index in [1.807, 2.05) is 6.26 Å². The van der Waals surface area contributed by atoms with Gasteiger partial charge in [-0.2, -0.15) is 11.8 Å². The smallest absolute Gasteiger partial charge is 0.326 e. The Bertz CT molecular complexity index is 688. The lowest BCUT2D eigenvalue weighted by Crippen LogP contribution is -2.59. The monoisotopic (exact) mass is 491 g/mol. The molecular formula is C19H37N7O6S. The van der Waals surface area contributed by atoms with Gasteiger partial charge in [0.25, 0.3) is 0 Å². The lowest BCUT2D eigenvalue weighted by molar-refractivity contribution is -0.142. The highest BCUT2D eigenvalue weighted by Crippen LogP contribution is 2.06. The van der Waals surface area contributed by atoms with Crippen molar-refractivity contribution in [3.05, 3.63) is 0 Å². The molecule has 0 aliphatic rings. The standard InChI is InChI=1S/C19H37N7O6S/c1-10(2)14(17(30)24-12(18(31)32)5-4-7-23-19(21)22)26-16(29)13(9-27)25-15(28)11(20)6-8-33-3/h10-14,27H,4-9,20H2,1-3H3,(H,24,30)(H,25,28)(H,26,29)(H,31,32)(H4,21,22,23). The van der Waals surface area contributed by atoms with Gasteiger partial charge in [-0.15, -0.1) is 0 Å². The van der Waals surface area contributed by atoms with Gasteiger partial charge in [0.1, 0.15) is 18.1 Å². The molecule has 3 amide bonds. The Morgan fingerprint density at radius 3 is 2.06 bits per heavy atom. The zero-order valence-corrected chi connectivity index (χ0v) is 20.1. The summed E-state index contributed by atoms with van der Waals surface area (Å²) in [6, 6.07) is -4.48. The van der Waals surface area contributed by atoms with Crippen LogP contribution in [-0.2, 0) is 19.2 Å². The summed E-state index contributed by atoms with van der Waals surface area (Å²) in [5.74, 6) is -3.24. The number of nitrogens with zero attached hydrogens (tertiary/aromatic N) is 1. The van der Waals surface area contributed by atoms with Crippen LogP contribution in [0, 0.1) is 5.92 Å². The third-order valence-electron chi connectivity index (χ3n) is 4.59. The summed E-state index contributed by atoms with van der Waals surface area (Å²) in [5.41, 5.74) is 16.2. The molecule has 190 valence electrons. The molecule has 0 aromatic rings. The molecule has 33 heavy (non-hydrogen) atoms. The molecule has 0 aromatic carbocycles. The van der Waals surface area contributed by atoms with Crippen LogP contribution in [0.5, 0.6) is 0 Å². The normalized spacial score (nSPS) is 14.5. The molecule has 13 nitrogen and oxygen atoms in total. The summed E-state index contributed by atoms with van der Waals surface area (Å²) in [6.07, 6.45) is 2.64. The molecule has 0 spiro atoms. The van der Waals surface area contributed by atoms with E-state index in [2.05, 4.69) is 20.9 Å². The number of aliphatic carboxylic acids is 1. The SMILES string of the molecule is CSCCC(N)C(=O)NC(CO)C(=O)NC(C(=O)NC(CCCN=C(N)N)C(=O)O)C(C)C. The fourth-order valence-electron chi connectivity index (χ4n) is 2.66. The maximum Gasteiger partial charge on any atom is 0.326 e. The van der Waals surface area contributed by atoms with Crippen molar-refractivity contribution in [1.82, 2.24) is 16.0 Å². The Morgan fingerprint density at radius 1 is 0.970 bits per heavy atom. The number of carbonyl (C=O) groups is 4. The summed E-state index contributed by atoms with van der Waals surface area (Å²) < 4.78 is 0. The number of thioether (sulfide) groups is 1.